The summed E-state index contributed by atoms with van der Waals surface area (Å²) in [6.07, 6.45) is 9.28. The van der Waals surface area contributed by atoms with Crippen molar-refractivity contribution < 1.29 is 4.79 Å². The van der Waals surface area contributed by atoms with Gasteiger partial charge in [0.15, 0.2) is 0 Å². The van der Waals surface area contributed by atoms with Gasteiger partial charge in [0.1, 0.15) is 0 Å². The van der Waals surface area contributed by atoms with Crippen molar-refractivity contribution in [3.63, 3.8) is 0 Å². The monoisotopic (exact) mass is 341 g/mol. The maximum Gasteiger partial charge on any atom is 0.223 e. The number of hydrogen-bond donors (Lipinski definition) is 1. The molecular formula is C19H27N5O. The largest absolute Gasteiger partial charge is 0.342 e. The van der Waals surface area contributed by atoms with E-state index in [2.05, 4.69) is 33.2 Å². The topological polar surface area (TPSA) is 65.1 Å². The molecule has 25 heavy (non-hydrogen) atoms. The molecule has 3 rings (SSSR count). The van der Waals surface area contributed by atoms with Crippen molar-refractivity contribution in [3.8, 4) is 0 Å². The molecule has 2 aromatic rings. The smallest absolute Gasteiger partial charge is 0.223 e. The molecule has 1 unspecified atom stereocenters. The predicted molar refractivity (Wildman–Crippen MR) is 96.8 cm³/mol. The number of nitrogens with one attached hydrogen (secondary N) is 1. The molecule has 0 radical (unpaired) electrons. The van der Waals surface area contributed by atoms with Crippen LogP contribution in [0.2, 0.25) is 0 Å². The molecule has 6 nitrogen and oxygen atoms in total. The molecule has 0 spiro atoms. The molecule has 1 fully saturated rings. The molecule has 1 saturated heterocycles. The summed E-state index contributed by atoms with van der Waals surface area (Å²) in [6, 6.07) is 6.03. The van der Waals surface area contributed by atoms with Gasteiger partial charge in [-0.25, -0.2) is 0 Å². The molecule has 0 aliphatic carbocycles. The molecule has 1 aliphatic heterocycles. The van der Waals surface area contributed by atoms with Gasteiger partial charge < -0.3 is 9.80 Å². The Morgan fingerprint density at radius 1 is 1.40 bits per heavy atom. The minimum Gasteiger partial charge on any atom is -0.342 e. The number of carbonyl (C=O) groups is 1. The molecule has 6 heteroatoms. The summed E-state index contributed by atoms with van der Waals surface area (Å²) in [4.78, 5) is 20.9. The van der Waals surface area contributed by atoms with Crippen LogP contribution < -0.4 is 0 Å². The standard InChI is InChI=1S/C19H27N5O/c1-23(14-17-4-2-8-20-13-17)11-7-19(25)24-10-3-5-16(15-24)12-18-6-9-21-22-18/h2,4,6,8-9,13,16H,3,5,7,10-12,14-15H2,1H3,(H,21,22). The quantitative estimate of drug-likeness (QED) is 0.838. The van der Waals surface area contributed by atoms with Crippen LogP contribution >= 0.6 is 0 Å². The normalized spacial score (nSPS) is 17.8. The van der Waals surface area contributed by atoms with Crippen LogP contribution in [-0.4, -0.2) is 57.6 Å². The van der Waals surface area contributed by atoms with Gasteiger partial charge in [0.05, 0.1) is 0 Å². The second-order valence-corrected chi connectivity index (χ2v) is 6.98. The predicted octanol–water partition coefficient (Wildman–Crippen LogP) is 2.11. The zero-order valence-corrected chi connectivity index (χ0v) is 14.9. The van der Waals surface area contributed by atoms with Gasteiger partial charge in [-0.3, -0.25) is 14.9 Å². The number of H-pyrrole nitrogens is 1. The van der Waals surface area contributed by atoms with E-state index in [4.69, 9.17) is 0 Å². The molecule has 134 valence electrons. The number of pyridine rings is 1. The number of nitrogens with zero attached hydrogens (tertiary/aromatic N) is 4. The van der Waals surface area contributed by atoms with E-state index in [1.807, 2.05) is 23.2 Å². The van der Waals surface area contributed by atoms with Crippen LogP contribution in [-0.2, 0) is 17.8 Å². The zero-order chi connectivity index (χ0) is 17.5. The number of carbonyl (C=O) groups excluding carboxylic acids is 1. The zero-order valence-electron chi connectivity index (χ0n) is 14.9. The first-order chi connectivity index (χ1) is 12.2. The Kier molecular flexibility index (Phi) is 6.17. The second-order valence-electron chi connectivity index (χ2n) is 6.98. The maximum absolute atomic E-state index is 12.6. The third-order valence-corrected chi connectivity index (χ3v) is 4.82. The summed E-state index contributed by atoms with van der Waals surface area (Å²) < 4.78 is 0. The van der Waals surface area contributed by atoms with Gasteiger partial charge in [-0.05, 0) is 49.9 Å². The molecule has 1 amide bonds. The average Bonchev–Trinajstić information content (AvgIpc) is 3.14. The van der Waals surface area contributed by atoms with Crippen molar-refractivity contribution in [2.24, 2.45) is 5.92 Å². The summed E-state index contributed by atoms with van der Waals surface area (Å²) in [6.45, 7) is 3.35. The highest BCUT2D eigenvalue weighted by molar-refractivity contribution is 5.76. The maximum atomic E-state index is 12.6. The van der Waals surface area contributed by atoms with Gasteiger partial charge in [0.25, 0.3) is 0 Å². The third-order valence-electron chi connectivity index (χ3n) is 4.82. The van der Waals surface area contributed by atoms with Crippen molar-refractivity contribution >= 4 is 5.91 Å². The van der Waals surface area contributed by atoms with E-state index in [1.165, 1.54) is 12.0 Å². The lowest BCUT2D eigenvalue weighted by Gasteiger charge is -2.33. The molecule has 2 aromatic heterocycles. The van der Waals surface area contributed by atoms with Crippen molar-refractivity contribution in [2.45, 2.75) is 32.2 Å². The number of hydrogen-bond acceptors (Lipinski definition) is 4. The Labute approximate surface area is 149 Å². The molecule has 0 saturated carbocycles. The lowest BCUT2D eigenvalue weighted by molar-refractivity contribution is -0.133. The van der Waals surface area contributed by atoms with Crippen LogP contribution in [0.4, 0.5) is 0 Å². The number of aromatic amines is 1. The lowest BCUT2D eigenvalue weighted by atomic mass is 9.93. The SMILES string of the molecule is CN(CCC(=O)N1CCCC(Cc2ccn[nH]2)C1)Cc1cccnc1. The molecule has 1 N–H and O–H groups in total. The van der Waals surface area contributed by atoms with Gasteiger partial charge in [-0.2, -0.15) is 5.10 Å². The third kappa shape index (κ3) is 5.39. The van der Waals surface area contributed by atoms with E-state index < -0.39 is 0 Å². The van der Waals surface area contributed by atoms with Gasteiger partial charge in [-0.1, -0.05) is 6.07 Å². The number of rotatable bonds is 7. The fraction of sp³-hybridized carbons (Fsp3) is 0.526. The Hall–Kier alpha value is -2.21. The fourth-order valence-corrected chi connectivity index (χ4v) is 3.49. The van der Waals surface area contributed by atoms with Gasteiger partial charge >= 0.3 is 0 Å². The Balaban J connectivity index is 1.42. The van der Waals surface area contributed by atoms with E-state index in [1.54, 1.807) is 12.4 Å². The Morgan fingerprint density at radius 2 is 2.32 bits per heavy atom. The highest BCUT2D eigenvalue weighted by Crippen LogP contribution is 2.20. The lowest BCUT2D eigenvalue weighted by Crippen LogP contribution is -2.41. The van der Waals surface area contributed by atoms with E-state index in [0.29, 0.717) is 12.3 Å². The second kappa shape index (κ2) is 8.76. The summed E-state index contributed by atoms with van der Waals surface area (Å²) in [5.74, 6) is 0.804. The molecule has 0 bridgehead atoms. The number of amides is 1. The summed E-state index contributed by atoms with van der Waals surface area (Å²) in [5.41, 5.74) is 2.34. The van der Waals surface area contributed by atoms with Crippen LogP contribution in [0, 0.1) is 5.92 Å². The first-order valence-corrected chi connectivity index (χ1v) is 9.04. The molecule has 3 heterocycles. The minimum absolute atomic E-state index is 0.271. The highest BCUT2D eigenvalue weighted by Gasteiger charge is 2.24. The van der Waals surface area contributed by atoms with Gasteiger partial charge in [0, 0.05) is 56.9 Å². The van der Waals surface area contributed by atoms with Gasteiger partial charge in [-0.15, -0.1) is 0 Å². The van der Waals surface area contributed by atoms with Crippen LogP contribution in [0.25, 0.3) is 0 Å². The number of likely N-dealkylation sites (tertiary alicyclic amines) is 1. The van der Waals surface area contributed by atoms with E-state index in [9.17, 15) is 4.79 Å². The number of piperidine rings is 1. The molecule has 1 aliphatic rings. The molecular weight excluding hydrogens is 314 g/mol. The summed E-state index contributed by atoms with van der Waals surface area (Å²) >= 11 is 0. The van der Waals surface area contributed by atoms with Crippen molar-refractivity contribution in [3.05, 3.63) is 48.0 Å². The van der Waals surface area contributed by atoms with Gasteiger partial charge in [0.2, 0.25) is 5.91 Å². The van der Waals surface area contributed by atoms with Crippen molar-refractivity contribution in [1.82, 2.24) is 25.0 Å². The summed E-state index contributed by atoms with van der Waals surface area (Å²) in [5, 5.41) is 7.04. The average molecular weight is 341 g/mol. The summed E-state index contributed by atoms with van der Waals surface area (Å²) in [7, 11) is 2.05. The Bertz CT molecular complexity index is 643. The van der Waals surface area contributed by atoms with Crippen LogP contribution in [0.1, 0.15) is 30.5 Å². The Morgan fingerprint density at radius 3 is 3.08 bits per heavy atom. The van der Waals surface area contributed by atoms with Crippen molar-refractivity contribution in [1.29, 1.82) is 0 Å². The highest BCUT2D eigenvalue weighted by atomic mass is 16.2. The van der Waals surface area contributed by atoms with Crippen LogP contribution in [0.5, 0.6) is 0 Å². The van der Waals surface area contributed by atoms with Crippen LogP contribution in [0.3, 0.4) is 0 Å². The first-order valence-electron chi connectivity index (χ1n) is 9.04. The fourth-order valence-electron chi connectivity index (χ4n) is 3.49. The van der Waals surface area contributed by atoms with E-state index in [-0.39, 0.29) is 5.91 Å². The number of aromatic nitrogens is 3. The van der Waals surface area contributed by atoms with Crippen molar-refractivity contribution in [2.75, 3.05) is 26.7 Å². The first kappa shape index (κ1) is 17.6. The van der Waals surface area contributed by atoms with Crippen LogP contribution in [0.15, 0.2) is 36.8 Å². The molecule has 1 atom stereocenters. The van der Waals surface area contributed by atoms with E-state index >= 15 is 0 Å². The van der Waals surface area contributed by atoms with E-state index in [0.717, 1.165) is 44.7 Å². The molecule has 0 aromatic carbocycles. The minimum atomic E-state index is 0.271.